The zero-order valence-electron chi connectivity index (χ0n) is 16.6. The maximum Gasteiger partial charge on any atom is 0.233 e. The number of phenols is 1. The molecule has 1 heterocycles. The molecule has 3 aromatic carbocycles. The first-order valence-electron chi connectivity index (χ1n) is 9.91. The Balaban J connectivity index is 1.63. The highest BCUT2D eigenvalue weighted by molar-refractivity contribution is 6.03. The van der Waals surface area contributed by atoms with Crippen LogP contribution in [0.4, 0.5) is 14.5 Å². The van der Waals surface area contributed by atoms with Crippen LogP contribution < -0.4 is 4.90 Å². The Hall–Kier alpha value is -3.51. The fourth-order valence-corrected chi connectivity index (χ4v) is 3.93. The molecule has 0 radical (unpaired) electrons. The molecule has 4 rings (SSSR count). The standard InChI is InChI=1S/C25H21F2NO3/c26-19-6-1-16(2-7-19)18(15-29)5-14-23-24(17-3-12-22(30)13-4-17)28(25(23)31)21-10-8-20(27)9-11-21/h1-13,23-24,29-30H,14-15H2. The van der Waals surface area contributed by atoms with Crippen molar-refractivity contribution in [3.63, 3.8) is 0 Å². The molecule has 0 aliphatic carbocycles. The molecule has 1 amide bonds. The molecule has 2 atom stereocenters. The van der Waals surface area contributed by atoms with Crippen molar-refractivity contribution in [3.05, 3.63) is 102 Å². The molecule has 0 saturated carbocycles. The smallest absolute Gasteiger partial charge is 0.233 e. The van der Waals surface area contributed by atoms with Crippen LogP contribution in [0.2, 0.25) is 0 Å². The zero-order chi connectivity index (χ0) is 22.0. The summed E-state index contributed by atoms with van der Waals surface area (Å²) in [7, 11) is 0. The highest BCUT2D eigenvalue weighted by atomic mass is 19.1. The number of benzene rings is 3. The number of rotatable bonds is 6. The molecule has 0 spiro atoms. The third-order valence-electron chi connectivity index (χ3n) is 5.56. The molecule has 2 unspecified atom stereocenters. The van der Waals surface area contributed by atoms with Gasteiger partial charge in [0.2, 0.25) is 5.91 Å². The average Bonchev–Trinajstić information content (AvgIpc) is 2.78. The summed E-state index contributed by atoms with van der Waals surface area (Å²) in [6, 6.07) is 17.9. The maximum atomic E-state index is 13.4. The van der Waals surface area contributed by atoms with Crippen molar-refractivity contribution in [2.24, 2.45) is 5.92 Å². The summed E-state index contributed by atoms with van der Waals surface area (Å²) in [6.07, 6.45) is 2.17. The Morgan fingerprint density at radius 1 is 0.903 bits per heavy atom. The quantitative estimate of drug-likeness (QED) is 0.560. The number of carbonyl (C=O) groups excluding carboxylic acids is 1. The number of amides is 1. The van der Waals surface area contributed by atoms with E-state index in [4.69, 9.17) is 0 Å². The van der Waals surface area contributed by atoms with E-state index in [2.05, 4.69) is 0 Å². The number of carbonyl (C=O) groups is 1. The second-order valence-corrected chi connectivity index (χ2v) is 7.46. The van der Waals surface area contributed by atoms with Gasteiger partial charge >= 0.3 is 0 Å². The fraction of sp³-hybridized carbons (Fsp3) is 0.160. The van der Waals surface area contributed by atoms with E-state index < -0.39 is 5.92 Å². The highest BCUT2D eigenvalue weighted by Crippen LogP contribution is 2.45. The summed E-state index contributed by atoms with van der Waals surface area (Å²) >= 11 is 0. The molecule has 6 heteroatoms. The van der Waals surface area contributed by atoms with E-state index in [0.717, 1.165) is 5.56 Å². The van der Waals surface area contributed by atoms with Gasteiger partial charge in [0.15, 0.2) is 0 Å². The Bertz CT molecular complexity index is 1090. The second kappa shape index (κ2) is 8.70. The van der Waals surface area contributed by atoms with Crippen LogP contribution >= 0.6 is 0 Å². The van der Waals surface area contributed by atoms with Gasteiger partial charge in [0.25, 0.3) is 0 Å². The molecule has 158 valence electrons. The number of aliphatic hydroxyl groups is 1. The average molecular weight is 421 g/mol. The van der Waals surface area contributed by atoms with Crippen LogP contribution in [0, 0.1) is 17.6 Å². The first-order valence-corrected chi connectivity index (χ1v) is 9.91. The van der Waals surface area contributed by atoms with E-state index in [9.17, 15) is 23.8 Å². The zero-order valence-corrected chi connectivity index (χ0v) is 16.6. The molecule has 3 aromatic rings. The first kappa shape index (κ1) is 20.8. The molecule has 0 bridgehead atoms. The van der Waals surface area contributed by atoms with Crippen molar-refractivity contribution in [2.45, 2.75) is 12.5 Å². The molecule has 31 heavy (non-hydrogen) atoms. The van der Waals surface area contributed by atoms with E-state index in [-0.39, 0.29) is 35.9 Å². The number of aliphatic hydroxyl groups excluding tert-OH is 1. The van der Waals surface area contributed by atoms with Crippen molar-refractivity contribution >= 4 is 17.2 Å². The number of aromatic hydroxyl groups is 1. The molecular weight excluding hydrogens is 400 g/mol. The van der Waals surface area contributed by atoms with E-state index in [1.165, 1.54) is 24.3 Å². The molecule has 1 saturated heterocycles. The minimum Gasteiger partial charge on any atom is -0.508 e. The highest BCUT2D eigenvalue weighted by Gasteiger charge is 2.48. The van der Waals surface area contributed by atoms with Crippen molar-refractivity contribution < 1.29 is 23.8 Å². The van der Waals surface area contributed by atoms with Crippen molar-refractivity contribution in [1.29, 1.82) is 0 Å². The van der Waals surface area contributed by atoms with Gasteiger partial charge in [-0.15, -0.1) is 0 Å². The lowest BCUT2D eigenvalue weighted by Crippen LogP contribution is -2.55. The molecule has 1 aliphatic heterocycles. The van der Waals surface area contributed by atoms with Gasteiger partial charge in [-0.3, -0.25) is 4.79 Å². The van der Waals surface area contributed by atoms with Crippen LogP contribution in [0.25, 0.3) is 5.57 Å². The van der Waals surface area contributed by atoms with Crippen LogP contribution in [0.3, 0.4) is 0 Å². The fourth-order valence-electron chi connectivity index (χ4n) is 3.93. The summed E-state index contributed by atoms with van der Waals surface area (Å²) in [5.41, 5.74) is 2.72. The number of anilines is 1. The summed E-state index contributed by atoms with van der Waals surface area (Å²) in [5, 5.41) is 19.4. The predicted molar refractivity (Wildman–Crippen MR) is 114 cm³/mol. The Labute approximate surface area is 178 Å². The SMILES string of the molecule is O=C1C(CC=C(CO)c2ccc(F)cc2)C(c2ccc(O)cc2)N1c1ccc(F)cc1. The topological polar surface area (TPSA) is 60.8 Å². The van der Waals surface area contributed by atoms with Crippen molar-refractivity contribution in [1.82, 2.24) is 0 Å². The first-order chi connectivity index (χ1) is 15.0. The van der Waals surface area contributed by atoms with Gasteiger partial charge in [0.05, 0.1) is 18.6 Å². The van der Waals surface area contributed by atoms with Gasteiger partial charge in [0, 0.05) is 5.69 Å². The van der Waals surface area contributed by atoms with E-state index in [1.54, 1.807) is 59.5 Å². The Morgan fingerprint density at radius 2 is 1.48 bits per heavy atom. The Morgan fingerprint density at radius 3 is 2.06 bits per heavy atom. The number of halogens is 2. The van der Waals surface area contributed by atoms with Gasteiger partial charge in [-0.2, -0.15) is 0 Å². The van der Waals surface area contributed by atoms with Gasteiger partial charge in [0.1, 0.15) is 17.4 Å². The van der Waals surface area contributed by atoms with Gasteiger partial charge in [-0.1, -0.05) is 30.3 Å². The molecule has 1 fully saturated rings. The number of hydrogen-bond donors (Lipinski definition) is 2. The van der Waals surface area contributed by atoms with Crippen LogP contribution in [0.15, 0.2) is 78.9 Å². The van der Waals surface area contributed by atoms with Crippen molar-refractivity contribution in [3.8, 4) is 5.75 Å². The molecule has 1 aliphatic rings. The lowest BCUT2D eigenvalue weighted by molar-refractivity contribution is -0.130. The van der Waals surface area contributed by atoms with Gasteiger partial charge in [-0.25, -0.2) is 8.78 Å². The summed E-state index contributed by atoms with van der Waals surface area (Å²) < 4.78 is 26.6. The predicted octanol–water partition coefficient (Wildman–Crippen LogP) is 4.84. The van der Waals surface area contributed by atoms with E-state index >= 15 is 0 Å². The van der Waals surface area contributed by atoms with Gasteiger partial charge in [-0.05, 0) is 71.7 Å². The van der Waals surface area contributed by atoms with Crippen LogP contribution in [0.5, 0.6) is 5.75 Å². The summed E-state index contributed by atoms with van der Waals surface area (Å²) in [6.45, 7) is -0.238. The monoisotopic (exact) mass is 421 g/mol. The number of nitrogens with zero attached hydrogens (tertiary/aromatic N) is 1. The second-order valence-electron chi connectivity index (χ2n) is 7.46. The normalized spacial score (nSPS) is 18.7. The molecule has 2 N–H and O–H groups in total. The van der Waals surface area contributed by atoms with E-state index in [1.807, 2.05) is 0 Å². The largest absolute Gasteiger partial charge is 0.508 e. The minimum atomic E-state index is -0.392. The van der Waals surface area contributed by atoms with Crippen molar-refractivity contribution in [2.75, 3.05) is 11.5 Å². The number of hydrogen-bond acceptors (Lipinski definition) is 3. The molecular formula is C25H21F2NO3. The third kappa shape index (κ3) is 4.20. The van der Waals surface area contributed by atoms with E-state index in [0.29, 0.717) is 23.2 Å². The summed E-state index contributed by atoms with van der Waals surface area (Å²) in [5.74, 6) is -1.13. The van der Waals surface area contributed by atoms with Crippen LogP contribution in [0.1, 0.15) is 23.6 Å². The Kier molecular flexibility index (Phi) is 5.82. The maximum absolute atomic E-state index is 13.4. The van der Waals surface area contributed by atoms with Crippen LogP contribution in [-0.2, 0) is 4.79 Å². The molecule has 4 nitrogen and oxygen atoms in total. The third-order valence-corrected chi connectivity index (χ3v) is 5.56. The number of β-lactam (4-membered cyclic amide) rings is 1. The summed E-state index contributed by atoms with van der Waals surface area (Å²) in [4.78, 5) is 14.6. The number of allylic oxidation sites excluding steroid dienone is 1. The lowest BCUT2D eigenvalue weighted by Gasteiger charge is -2.47. The van der Waals surface area contributed by atoms with Gasteiger partial charge < -0.3 is 15.1 Å². The van der Waals surface area contributed by atoms with Crippen LogP contribution in [-0.4, -0.2) is 22.7 Å². The minimum absolute atomic E-state index is 0.114. The number of phenolic OH excluding ortho intramolecular Hbond substituents is 1. The lowest BCUT2D eigenvalue weighted by atomic mass is 9.79. The molecule has 0 aromatic heterocycles.